The molecule has 0 bridgehead atoms. The highest BCUT2D eigenvalue weighted by Gasteiger charge is 2.01. The lowest BCUT2D eigenvalue weighted by atomic mass is 10.2. The third-order valence-corrected chi connectivity index (χ3v) is 1.98. The zero-order chi connectivity index (χ0) is 9.68. The van der Waals surface area contributed by atoms with Gasteiger partial charge in [-0.2, -0.15) is 5.10 Å². The molecule has 1 atom stereocenters. The van der Waals surface area contributed by atoms with Gasteiger partial charge in [0.1, 0.15) is 0 Å². The molecule has 0 spiro atoms. The Labute approximate surface area is 78.6 Å². The Kier molecular flexibility index (Phi) is 3.92. The maximum absolute atomic E-state index is 8.68. The van der Waals surface area contributed by atoms with Gasteiger partial charge in [-0.1, -0.05) is 0 Å². The van der Waals surface area contributed by atoms with Gasteiger partial charge in [0.05, 0.1) is 6.20 Å². The second kappa shape index (κ2) is 4.99. The molecule has 0 aliphatic rings. The van der Waals surface area contributed by atoms with E-state index in [0.717, 1.165) is 13.0 Å². The van der Waals surface area contributed by atoms with Gasteiger partial charge in [0.25, 0.3) is 0 Å². The molecule has 0 fully saturated rings. The molecule has 1 unspecified atom stereocenters. The zero-order valence-corrected chi connectivity index (χ0v) is 8.20. The minimum atomic E-state index is 0.237. The molecule has 0 radical (unpaired) electrons. The van der Waals surface area contributed by atoms with Crippen LogP contribution >= 0.6 is 0 Å². The van der Waals surface area contributed by atoms with Crippen molar-refractivity contribution in [3.63, 3.8) is 0 Å². The molecule has 74 valence electrons. The second-order valence-electron chi connectivity index (χ2n) is 3.32. The Morgan fingerprint density at radius 3 is 3.00 bits per heavy atom. The lowest BCUT2D eigenvalue weighted by Gasteiger charge is -2.10. The second-order valence-corrected chi connectivity index (χ2v) is 3.32. The molecule has 0 saturated heterocycles. The lowest BCUT2D eigenvalue weighted by Crippen LogP contribution is -2.26. The third-order valence-electron chi connectivity index (χ3n) is 1.98. The number of rotatable bonds is 5. The van der Waals surface area contributed by atoms with Crippen molar-refractivity contribution < 1.29 is 5.11 Å². The first-order chi connectivity index (χ1) is 6.22. The van der Waals surface area contributed by atoms with Gasteiger partial charge >= 0.3 is 0 Å². The first-order valence-electron chi connectivity index (χ1n) is 4.54. The molecule has 13 heavy (non-hydrogen) atoms. The van der Waals surface area contributed by atoms with Gasteiger partial charge in [-0.3, -0.25) is 4.68 Å². The van der Waals surface area contributed by atoms with Crippen LogP contribution in [-0.4, -0.2) is 27.5 Å². The molecular formula is C9H17N3O. The van der Waals surface area contributed by atoms with Crippen molar-refractivity contribution in [3.8, 4) is 0 Å². The van der Waals surface area contributed by atoms with Crippen LogP contribution in [0.3, 0.4) is 0 Å². The molecule has 0 aromatic carbocycles. The Morgan fingerprint density at radius 2 is 2.46 bits per heavy atom. The van der Waals surface area contributed by atoms with E-state index in [0.29, 0.717) is 6.04 Å². The molecule has 0 amide bonds. The summed E-state index contributed by atoms with van der Waals surface area (Å²) in [5.41, 5.74) is 1.17. The smallest absolute Gasteiger partial charge is 0.0534 e. The van der Waals surface area contributed by atoms with Gasteiger partial charge in [-0.15, -0.1) is 0 Å². The van der Waals surface area contributed by atoms with Crippen LogP contribution < -0.4 is 5.32 Å². The average Bonchev–Trinajstić information content (AvgIpc) is 2.49. The summed E-state index contributed by atoms with van der Waals surface area (Å²) in [4.78, 5) is 0. The topological polar surface area (TPSA) is 50.1 Å². The van der Waals surface area contributed by atoms with Crippen molar-refractivity contribution in [2.75, 3.05) is 6.61 Å². The molecule has 1 heterocycles. The van der Waals surface area contributed by atoms with Gasteiger partial charge in [0.15, 0.2) is 0 Å². The predicted octanol–water partition coefficient (Wildman–Crippen LogP) is 0.281. The van der Waals surface area contributed by atoms with Crippen LogP contribution in [0, 0.1) is 0 Å². The zero-order valence-electron chi connectivity index (χ0n) is 8.20. The number of aliphatic hydroxyl groups excluding tert-OH is 1. The van der Waals surface area contributed by atoms with E-state index in [1.54, 1.807) is 4.68 Å². The van der Waals surface area contributed by atoms with E-state index in [2.05, 4.69) is 17.3 Å². The van der Waals surface area contributed by atoms with E-state index >= 15 is 0 Å². The van der Waals surface area contributed by atoms with Gasteiger partial charge in [-0.05, 0) is 13.3 Å². The maximum atomic E-state index is 8.68. The van der Waals surface area contributed by atoms with Gasteiger partial charge in [0, 0.05) is 38.0 Å². The van der Waals surface area contributed by atoms with Gasteiger partial charge < -0.3 is 10.4 Å². The molecule has 4 nitrogen and oxygen atoms in total. The van der Waals surface area contributed by atoms with Crippen molar-refractivity contribution in [1.29, 1.82) is 0 Å². The number of nitrogens with zero attached hydrogens (tertiary/aromatic N) is 2. The van der Waals surface area contributed by atoms with E-state index in [4.69, 9.17) is 5.11 Å². The van der Waals surface area contributed by atoms with Crippen LogP contribution in [0.2, 0.25) is 0 Å². The van der Waals surface area contributed by atoms with Crippen molar-refractivity contribution in [2.45, 2.75) is 25.9 Å². The summed E-state index contributed by atoms with van der Waals surface area (Å²) < 4.78 is 1.79. The molecule has 0 aliphatic carbocycles. The summed E-state index contributed by atoms with van der Waals surface area (Å²) in [6.45, 7) is 3.11. The maximum Gasteiger partial charge on any atom is 0.0534 e. The van der Waals surface area contributed by atoms with Crippen molar-refractivity contribution >= 4 is 0 Å². The van der Waals surface area contributed by atoms with E-state index in [9.17, 15) is 0 Å². The number of nitrogens with one attached hydrogen (secondary N) is 1. The van der Waals surface area contributed by atoms with Crippen molar-refractivity contribution in [2.24, 2.45) is 7.05 Å². The Morgan fingerprint density at radius 1 is 1.69 bits per heavy atom. The van der Waals surface area contributed by atoms with Crippen LogP contribution in [0.25, 0.3) is 0 Å². The highest BCUT2D eigenvalue weighted by atomic mass is 16.3. The average molecular weight is 183 g/mol. The number of hydrogen-bond acceptors (Lipinski definition) is 3. The SMILES string of the molecule is CC(CCO)NCc1cnn(C)c1. The Hall–Kier alpha value is -0.870. The fourth-order valence-corrected chi connectivity index (χ4v) is 1.15. The molecule has 1 aromatic heterocycles. The quantitative estimate of drug-likeness (QED) is 0.689. The van der Waals surface area contributed by atoms with Crippen LogP contribution in [-0.2, 0) is 13.6 Å². The summed E-state index contributed by atoms with van der Waals surface area (Å²) in [7, 11) is 1.90. The molecule has 1 aromatic rings. The van der Waals surface area contributed by atoms with Gasteiger partial charge in [-0.25, -0.2) is 0 Å². The molecule has 4 heteroatoms. The summed E-state index contributed by atoms with van der Waals surface area (Å²) in [5.74, 6) is 0. The summed E-state index contributed by atoms with van der Waals surface area (Å²) in [6.07, 6.45) is 4.62. The van der Waals surface area contributed by atoms with Crippen LogP contribution in [0.5, 0.6) is 0 Å². The number of hydrogen-bond donors (Lipinski definition) is 2. The van der Waals surface area contributed by atoms with Crippen molar-refractivity contribution in [1.82, 2.24) is 15.1 Å². The van der Waals surface area contributed by atoms with E-state index in [-0.39, 0.29) is 6.61 Å². The van der Waals surface area contributed by atoms with Crippen molar-refractivity contribution in [3.05, 3.63) is 18.0 Å². The van der Waals surface area contributed by atoms with E-state index in [1.807, 2.05) is 19.4 Å². The fraction of sp³-hybridized carbons (Fsp3) is 0.667. The van der Waals surface area contributed by atoms with E-state index < -0.39 is 0 Å². The van der Waals surface area contributed by atoms with Crippen LogP contribution in [0.15, 0.2) is 12.4 Å². The molecule has 0 saturated carbocycles. The van der Waals surface area contributed by atoms with Crippen LogP contribution in [0.4, 0.5) is 0 Å². The standard InChI is InChI=1S/C9H17N3O/c1-8(3-4-13)10-5-9-6-11-12(2)7-9/h6-8,10,13H,3-5H2,1-2H3. The van der Waals surface area contributed by atoms with Crippen LogP contribution in [0.1, 0.15) is 18.9 Å². The Bertz CT molecular complexity index is 247. The first kappa shape index (κ1) is 10.2. The van der Waals surface area contributed by atoms with E-state index in [1.165, 1.54) is 5.56 Å². The van der Waals surface area contributed by atoms with Gasteiger partial charge in [0.2, 0.25) is 0 Å². The lowest BCUT2D eigenvalue weighted by molar-refractivity contribution is 0.268. The fourth-order valence-electron chi connectivity index (χ4n) is 1.15. The first-order valence-corrected chi connectivity index (χ1v) is 4.54. The minimum absolute atomic E-state index is 0.237. The Balaban J connectivity index is 2.26. The third kappa shape index (κ3) is 3.57. The highest BCUT2D eigenvalue weighted by Crippen LogP contribution is 1.97. The normalized spacial score (nSPS) is 13.2. The summed E-state index contributed by atoms with van der Waals surface area (Å²) >= 11 is 0. The number of aromatic nitrogens is 2. The minimum Gasteiger partial charge on any atom is -0.396 e. The molecule has 2 N–H and O–H groups in total. The number of aliphatic hydroxyl groups is 1. The summed E-state index contributed by atoms with van der Waals surface area (Å²) in [5, 5.41) is 16.0. The molecule has 0 aliphatic heterocycles. The molecular weight excluding hydrogens is 166 g/mol. The largest absolute Gasteiger partial charge is 0.396 e. The number of aryl methyl sites for hydroxylation is 1. The predicted molar refractivity (Wildman–Crippen MR) is 51.2 cm³/mol. The molecule has 1 rings (SSSR count). The monoisotopic (exact) mass is 183 g/mol. The summed E-state index contributed by atoms with van der Waals surface area (Å²) in [6, 6.07) is 0.352. The highest BCUT2D eigenvalue weighted by molar-refractivity contribution is 5.02.